The Hall–Kier alpha value is -3.60. The van der Waals surface area contributed by atoms with Gasteiger partial charge in [0.1, 0.15) is 5.69 Å². The largest absolute Gasteiger partial charge is 0.478 e. The van der Waals surface area contributed by atoms with Crippen molar-refractivity contribution in [1.29, 1.82) is 0 Å². The van der Waals surface area contributed by atoms with Crippen LogP contribution in [0.4, 0.5) is 5.69 Å². The fourth-order valence-corrected chi connectivity index (χ4v) is 2.58. The Morgan fingerprint density at radius 2 is 1.69 bits per heavy atom. The summed E-state index contributed by atoms with van der Waals surface area (Å²) in [7, 11) is 0. The second-order valence-electron chi connectivity index (χ2n) is 5.75. The van der Waals surface area contributed by atoms with E-state index in [0.29, 0.717) is 17.9 Å². The third-order valence-electron chi connectivity index (χ3n) is 3.84. The zero-order chi connectivity index (χ0) is 18.4. The van der Waals surface area contributed by atoms with E-state index in [9.17, 15) is 9.59 Å². The SMILES string of the molecule is O=C(O)/C=C/c1ccc(NC(=O)c2cccn2Cc2ccccc2)cc1. The number of nitrogens with one attached hydrogen (secondary N) is 1. The van der Waals surface area contributed by atoms with Crippen molar-refractivity contribution in [3.63, 3.8) is 0 Å². The zero-order valence-electron chi connectivity index (χ0n) is 14.0. The molecule has 1 heterocycles. The molecule has 5 heteroatoms. The molecule has 1 aromatic heterocycles. The molecule has 0 saturated heterocycles. The zero-order valence-corrected chi connectivity index (χ0v) is 14.0. The molecule has 0 spiro atoms. The molecule has 0 unspecified atom stereocenters. The van der Waals surface area contributed by atoms with E-state index in [1.807, 2.05) is 47.2 Å². The summed E-state index contributed by atoms with van der Waals surface area (Å²) in [6.07, 6.45) is 4.45. The lowest BCUT2D eigenvalue weighted by Gasteiger charge is -2.10. The highest BCUT2D eigenvalue weighted by molar-refractivity contribution is 6.03. The summed E-state index contributed by atoms with van der Waals surface area (Å²) in [4.78, 5) is 23.1. The van der Waals surface area contributed by atoms with Gasteiger partial charge in [-0.2, -0.15) is 0 Å². The number of benzene rings is 2. The van der Waals surface area contributed by atoms with Crippen LogP contribution in [0.15, 0.2) is 79.0 Å². The van der Waals surface area contributed by atoms with E-state index in [4.69, 9.17) is 5.11 Å². The molecular formula is C21H18N2O3. The van der Waals surface area contributed by atoms with Crippen molar-refractivity contribution in [2.45, 2.75) is 6.54 Å². The lowest BCUT2D eigenvalue weighted by atomic mass is 10.2. The molecule has 3 aromatic rings. The lowest BCUT2D eigenvalue weighted by Crippen LogP contribution is -2.17. The van der Waals surface area contributed by atoms with E-state index < -0.39 is 5.97 Å². The molecule has 0 saturated carbocycles. The number of rotatable bonds is 6. The first-order valence-corrected chi connectivity index (χ1v) is 8.13. The summed E-state index contributed by atoms with van der Waals surface area (Å²) < 4.78 is 1.90. The standard InChI is InChI=1S/C21H18N2O3/c24-20(25)13-10-16-8-11-18(12-9-16)22-21(26)19-7-4-14-23(19)15-17-5-2-1-3-6-17/h1-14H,15H2,(H,22,26)(H,24,25)/b13-10+. The highest BCUT2D eigenvalue weighted by atomic mass is 16.4. The maximum Gasteiger partial charge on any atom is 0.328 e. The van der Waals surface area contributed by atoms with Gasteiger partial charge in [-0.05, 0) is 41.5 Å². The minimum atomic E-state index is -0.999. The summed E-state index contributed by atoms with van der Waals surface area (Å²) in [6, 6.07) is 20.5. The molecule has 2 N–H and O–H groups in total. The van der Waals surface area contributed by atoms with Crippen LogP contribution in [-0.2, 0) is 11.3 Å². The van der Waals surface area contributed by atoms with Crippen molar-refractivity contribution in [1.82, 2.24) is 4.57 Å². The average molecular weight is 346 g/mol. The quantitative estimate of drug-likeness (QED) is 0.665. The van der Waals surface area contributed by atoms with Gasteiger partial charge in [0, 0.05) is 24.5 Å². The van der Waals surface area contributed by atoms with Crippen molar-refractivity contribution >= 4 is 23.6 Å². The first kappa shape index (κ1) is 17.2. The van der Waals surface area contributed by atoms with Crippen LogP contribution in [0.3, 0.4) is 0 Å². The van der Waals surface area contributed by atoms with Gasteiger partial charge in [0.05, 0.1) is 0 Å². The van der Waals surface area contributed by atoms with Crippen LogP contribution >= 0.6 is 0 Å². The molecular weight excluding hydrogens is 328 g/mol. The highest BCUT2D eigenvalue weighted by Gasteiger charge is 2.11. The van der Waals surface area contributed by atoms with Crippen molar-refractivity contribution < 1.29 is 14.7 Å². The number of aromatic nitrogens is 1. The number of carboxylic acid groups (broad SMARTS) is 1. The number of amides is 1. The Labute approximate surface area is 151 Å². The molecule has 130 valence electrons. The van der Waals surface area contributed by atoms with E-state index in [2.05, 4.69) is 5.32 Å². The molecule has 5 nitrogen and oxygen atoms in total. The van der Waals surface area contributed by atoms with Gasteiger partial charge in [-0.1, -0.05) is 42.5 Å². The topological polar surface area (TPSA) is 71.3 Å². The second-order valence-corrected chi connectivity index (χ2v) is 5.75. The van der Waals surface area contributed by atoms with Crippen LogP contribution in [0.5, 0.6) is 0 Å². The number of hydrogen-bond acceptors (Lipinski definition) is 2. The highest BCUT2D eigenvalue weighted by Crippen LogP contribution is 2.14. The van der Waals surface area contributed by atoms with Crippen LogP contribution in [0.2, 0.25) is 0 Å². The van der Waals surface area contributed by atoms with Gasteiger partial charge in [0.15, 0.2) is 0 Å². The van der Waals surface area contributed by atoms with E-state index in [1.54, 1.807) is 30.3 Å². The van der Waals surface area contributed by atoms with E-state index in [1.165, 1.54) is 6.08 Å². The molecule has 0 bridgehead atoms. The molecule has 0 radical (unpaired) electrons. The maximum atomic E-state index is 12.6. The van der Waals surface area contributed by atoms with Crippen LogP contribution in [0.1, 0.15) is 21.6 Å². The number of carboxylic acids is 1. The van der Waals surface area contributed by atoms with Crippen molar-refractivity contribution in [3.05, 3.63) is 95.8 Å². The predicted octanol–water partition coefficient (Wildman–Crippen LogP) is 3.89. The molecule has 26 heavy (non-hydrogen) atoms. The monoisotopic (exact) mass is 346 g/mol. The predicted molar refractivity (Wildman–Crippen MR) is 101 cm³/mol. The Kier molecular flexibility index (Phi) is 5.29. The molecule has 0 aliphatic carbocycles. The first-order chi connectivity index (χ1) is 12.6. The first-order valence-electron chi connectivity index (χ1n) is 8.13. The van der Waals surface area contributed by atoms with Crippen LogP contribution < -0.4 is 5.32 Å². The summed E-state index contributed by atoms with van der Waals surface area (Å²) in [5.41, 5.74) is 3.09. The summed E-state index contributed by atoms with van der Waals surface area (Å²) in [5, 5.41) is 11.5. The molecule has 0 fully saturated rings. The Bertz CT molecular complexity index is 925. The number of carbonyl (C=O) groups excluding carboxylic acids is 1. The van der Waals surface area contributed by atoms with Crippen molar-refractivity contribution in [2.24, 2.45) is 0 Å². The van der Waals surface area contributed by atoms with Gasteiger partial charge in [-0.3, -0.25) is 4.79 Å². The lowest BCUT2D eigenvalue weighted by molar-refractivity contribution is -0.131. The summed E-state index contributed by atoms with van der Waals surface area (Å²) in [5.74, 6) is -1.19. The maximum absolute atomic E-state index is 12.6. The molecule has 0 aliphatic heterocycles. The van der Waals surface area contributed by atoms with Crippen molar-refractivity contribution in [3.8, 4) is 0 Å². The normalized spacial score (nSPS) is 10.8. The van der Waals surface area contributed by atoms with Gasteiger partial charge in [-0.25, -0.2) is 4.79 Å². The molecule has 0 aliphatic rings. The number of anilines is 1. The van der Waals surface area contributed by atoms with Gasteiger partial charge >= 0.3 is 5.97 Å². The minimum absolute atomic E-state index is 0.195. The summed E-state index contributed by atoms with van der Waals surface area (Å²) in [6.45, 7) is 0.621. The third-order valence-corrected chi connectivity index (χ3v) is 3.84. The van der Waals surface area contributed by atoms with Crippen LogP contribution in [0.25, 0.3) is 6.08 Å². The molecule has 0 atom stereocenters. The second kappa shape index (κ2) is 7.98. The van der Waals surface area contributed by atoms with Gasteiger partial charge in [0.2, 0.25) is 0 Å². The smallest absolute Gasteiger partial charge is 0.328 e. The number of hydrogen-bond donors (Lipinski definition) is 2. The molecule has 1 amide bonds. The molecule has 2 aromatic carbocycles. The fraction of sp³-hybridized carbons (Fsp3) is 0.0476. The average Bonchev–Trinajstić information content (AvgIpc) is 3.10. The van der Waals surface area contributed by atoms with E-state index in [0.717, 1.165) is 17.2 Å². The van der Waals surface area contributed by atoms with Gasteiger partial charge in [0.25, 0.3) is 5.91 Å². The third kappa shape index (κ3) is 4.48. The van der Waals surface area contributed by atoms with Crippen LogP contribution in [-0.4, -0.2) is 21.6 Å². The van der Waals surface area contributed by atoms with Crippen LogP contribution in [0, 0.1) is 0 Å². The number of nitrogens with zero attached hydrogens (tertiary/aromatic N) is 1. The number of aliphatic carboxylic acids is 1. The fourth-order valence-electron chi connectivity index (χ4n) is 2.58. The van der Waals surface area contributed by atoms with Gasteiger partial charge < -0.3 is 15.0 Å². The minimum Gasteiger partial charge on any atom is -0.478 e. The van der Waals surface area contributed by atoms with E-state index >= 15 is 0 Å². The Balaban J connectivity index is 1.69. The Morgan fingerprint density at radius 1 is 0.962 bits per heavy atom. The van der Waals surface area contributed by atoms with Crippen molar-refractivity contribution in [2.75, 3.05) is 5.32 Å². The summed E-state index contributed by atoms with van der Waals surface area (Å²) >= 11 is 0. The molecule has 3 rings (SSSR count). The van der Waals surface area contributed by atoms with E-state index in [-0.39, 0.29) is 5.91 Å². The Morgan fingerprint density at radius 3 is 2.38 bits per heavy atom. The van der Waals surface area contributed by atoms with Gasteiger partial charge in [-0.15, -0.1) is 0 Å². The number of carbonyl (C=O) groups is 2.